The molecule has 1 aliphatic rings. The molecule has 20 heavy (non-hydrogen) atoms. The van der Waals surface area contributed by atoms with Crippen LogP contribution in [0.15, 0.2) is 28.8 Å². The number of aromatic amines is 1. The Morgan fingerprint density at radius 1 is 1.35 bits per heavy atom. The molecule has 1 aliphatic carbocycles. The van der Waals surface area contributed by atoms with E-state index in [2.05, 4.69) is 39.4 Å². The van der Waals surface area contributed by atoms with Gasteiger partial charge in [-0.25, -0.2) is 0 Å². The number of hydrogen-bond acceptors (Lipinski definition) is 3. The van der Waals surface area contributed by atoms with Crippen LogP contribution >= 0.6 is 11.6 Å². The summed E-state index contributed by atoms with van der Waals surface area (Å²) in [6.07, 6.45) is 3.29. The molecule has 1 N–H and O–H groups in total. The van der Waals surface area contributed by atoms with Gasteiger partial charge in [0.25, 0.3) is 0 Å². The predicted octanol–water partition coefficient (Wildman–Crippen LogP) is 3.76. The fraction of sp³-hybridized carbons (Fsp3) is 0.333. The number of nitrogens with zero attached hydrogens (tertiary/aromatic N) is 2. The Morgan fingerprint density at radius 3 is 3.10 bits per heavy atom. The van der Waals surface area contributed by atoms with Crippen molar-refractivity contribution in [3.63, 3.8) is 0 Å². The lowest BCUT2D eigenvalue weighted by Gasteiger charge is -2.19. The molecular weight excluding hydrogens is 274 g/mol. The second-order valence-corrected chi connectivity index (χ2v) is 5.45. The normalized spacial score (nSPS) is 18.4. The van der Waals surface area contributed by atoms with Gasteiger partial charge in [-0.2, -0.15) is 4.98 Å². The van der Waals surface area contributed by atoms with E-state index >= 15 is 0 Å². The van der Waals surface area contributed by atoms with Crippen LogP contribution < -0.4 is 0 Å². The molecule has 2 heterocycles. The highest BCUT2D eigenvalue weighted by atomic mass is 35.5. The van der Waals surface area contributed by atoms with Gasteiger partial charge in [-0.3, -0.25) is 0 Å². The van der Waals surface area contributed by atoms with E-state index in [4.69, 9.17) is 16.1 Å². The van der Waals surface area contributed by atoms with Gasteiger partial charge in [0.2, 0.25) is 5.89 Å². The number of aryl methyl sites for hydroxylation is 1. The number of halogens is 1. The molecule has 0 fully saturated rings. The molecule has 0 bridgehead atoms. The number of alkyl halides is 1. The zero-order chi connectivity index (χ0) is 13.5. The maximum atomic E-state index is 5.74. The highest BCUT2D eigenvalue weighted by Crippen LogP contribution is 2.38. The number of rotatable bonds is 2. The molecule has 0 spiro atoms. The number of para-hydroxylation sites is 1. The lowest BCUT2D eigenvalue weighted by molar-refractivity contribution is 0.379. The minimum Gasteiger partial charge on any atom is -0.358 e. The third-order valence-electron chi connectivity index (χ3n) is 4.02. The van der Waals surface area contributed by atoms with Gasteiger partial charge in [0.05, 0.1) is 5.92 Å². The van der Waals surface area contributed by atoms with E-state index in [0.29, 0.717) is 5.89 Å². The second-order valence-electron chi connectivity index (χ2n) is 5.19. The lowest BCUT2D eigenvalue weighted by Crippen LogP contribution is -2.11. The number of nitrogens with one attached hydrogen (secondary N) is 1. The summed E-state index contributed by atoms with van der Waals surface area (Å²) >= 11 is 5.74. The van der Waals surface area contributed by atoms with Gasteiger partial charge in [0, 0.05) is 16.6 Å². The molecular formula is C15H14ClN3O. The van der Waals surface area contributed by atoms with Crippen LogP contribution in [0.2, 0.25) is 0 Å². The topological polar surface area (TPSA) is 54.7 Å². The first-order valence-corrected chi connectivity index (χ1v) is 7.38. The van der Waals surface area contributed by atoms with Crippen LogP contribution in [-0.2, 0) is 12.3 Å². The Kier molecular flexibility index (Phi) is 2.77. The van der Waals surface area contributed by atoms with Gasteiger partial charge in [-0.15, -0.1) is 11.6 Å². The Morgan fingerprint density at radius 2 is 2.25 bits per heavy atom. The van der Waals surface area contributed by atoms with Crippen molar-refractivity contribution in [3.05, 3.63) is 47.2 Å². The standard InChI is InChI=1S/C15H14ClN3O/c16-8-13-18-15(19-20-13)11-6-3-5-10-9-4-1-2-7-12(9)17-14(10)11/h1-2,4,7,11,17H,3,5-6,8H2/t11-/m0/s1. The maximum Gasteiger partial charge on any atom is 0.241 e. The van der Waals surface area contributed by atoms with E-state index in [1.807, 2.05) is 0 Å². The van der Waals surface area contributed by atoms with Gasteiger partial charge in [0.15, 0.2) is 5.82 Å². The van der Waals surface area contributed by atoms with Crippen LogP contribution in [-0.4, -0.2) is 15.1 Å². The second kappa shape index (κ2) is 4.63. The third-order valence-corrected chi connectivity index (χ3v) is 4.25. The number of H-pyrrole nitrogens is 1. The summed E-state index contributed by atoms with van der Waals surface area (Å²) < 4.78 is 5.15. The number of aromatic nitrogens is 3. The quantitative estimate of drug-likeness (QED) is 0.730. The number of benzene rings is 1. The smallest absolute Gasteiger partial charge is 0.241 e. The average Bonchev–Trinajstić information content (AvgIpc) is 3.11. The monoisotopic (exact) mass is 287 g/mol. The molecule has 3 aromatic rings. The summed E-state index contributed by atoms with van der Waals surface area (Å²) in [6, 6.07) is 8.43. The van der Waals surface area contributed by atoms with E-state index < -0.39 is 0 Å². The van der Waals surface area contributed by atoms with Crippen LogP contribution in [0.1, 0.15) is 41.7 Å². The van der Waals surface area contributed by atoms with Crippen LogP contribution in [0, 0.1) is 0 Å². The molecule has 1 aromatic carbocycles. The largest absolute Gasteiger partial charge is 0.358 e. The molecule has 102 valence electrons. The Hall–Kier alpha value is -1.81. The van der Waals surface area contributed by atoms with Crippen molar-refractivity contribution >= 4 is 22.5 Å². The average molecular weight is 288 g/mol. The maximum absolute atomic E-state index is 5.74. The van der Waals surface area contributed by atoms with Crippen molar-refractivity contribution in [2.24, 2.45) is 0 Å². The van der Waals surface area contributed by atoms with E-state index in [1.54, 1.807) is 0 Å². The fourth-order valence-corrected chi connectivity index (χ4v) is 3.25. The summed E-state index contributed by atoms with van der Waals surface area (Å²) in [5, 5.41) is 5.40. The van der Waals surface area contributed by atoms with Crippen molar-refractivity contribution in [1.29, 1.82) is 0 Å². The van der Waals surface area contributed by atoms with Gasteiger partial charge in [0.1, 0.15) is 5.88 Å². The first-order valence-electron chi connectivity index (χ1n) is 6.84. The molecule has 4 rings (SSSR count). The molecule has 0 radical (unpaired) electrons. The van der Waals surface area contributed by atoms with Crippen molar-refractivity contribution < 1.29 is 4.52 Å². The van der Waals surface area contributed by atoms with Crippen molar-refractivity contribution in [2.45, 2.75) is 31.1 Å². The Bertz CT molecular complexity index is 761. The minimum atomic E-state index is 0.187. The fourth-order valence-electron chi connectivity index (χ4n) is 3.14. The molecule has 4 nitrogen and oxygen atoms in total. The van der Waals surface area contributed by atoms with Crippen LogP contribution in [0.25, 0.3) is 10.9 Å². The molecule has 0 aliphatic heterocycles. The van der Waals surface area contributed by atoms with Gasteiger partial charge >= 0.3 is 0 Å². The first-order chi connectivity index (χ1) is 9.86. The lowest BCUT2D eigenvalue weighted by atomic mass is 9.86. The van der Waals surface area contributed by atoms with Crippen LogP contribution in [0.4, 0.5) is 0 Å². The summed E-state index contributed by atoms with van der Waals surface area (Å²) in [6.45, 7) is 0. The third kappa shape index (κ3) is 1.75. The summed E-state index contributed by atoms with van der Waals surface area (Å²) in [5.41, 5.74) is 3.82. The van der Waals surface area contributed by atoms with E-state index in [0.717, 1.165) is 25.1 Å². The van der Waals surface area contributed by atoms with E-state index in [1.165, 1.54) is 22.2 Å². The number of hydrogen-bond donors (Lipinski definition) is 1. The molecule has 0 saturated heterocycles. The minimum absolute atomic E-state index is 0.187. The van der Waals surface area contributed by atoms with Crippen molar-refractivity contribution in [3.8, 4) is 0 Å². The van der Waals surface area contributed by atoms with E-state index in [-0.39, 0.29) is 11.8 Å². The zero-order valence-corrected chi connectivity index (χ0v) is 11.7. The molecule has 0 unspecified atom stereocenters. The summed E-state index contributed by atoms with van der Waals surface area (Å²) in [7, 11) is 0. The predicted molar refractivity (Wildman–Crippen MR) is 76.9 cm³/mol. The van der Waals surface area contributed by atoms with E-state index in [9.17, 15) is 0 Å². The molecule has 0 saturated carbocycles. The van der Waals surface area contributed by atoms with Crippen LogP contribution in [0.5, 0.6) is 0 Å². The highest BCUT2D eigenvalue weighted by Gasteiger charge is 2.28. The van der Waals surface area contributed by atoms with Gasteiger partial charge in [-0.05, 0) is 30.9 Å². The Balaban J connectivity index is 1.85. The SMILES string of the molecule is ClCc1nc([C@H]2CCCc3c2[nH]c2ccccc32)no1. The molecule has 0 amide bonds. The van der Waals surface area contributed by atoms with Crippen LogP contribution in [0.3, 0.4) is 0 Å². The number of fused-ring (bicyclic) bond motifs is 3. The highest BCUT2D eigenvalue weighted by molar-refractivity contribution is 6.16. The zero-order valence-electron chi connectivity index (χ0n) is 10.9. The Labute approximate surface area is 121 Å². The van der Waals surface area contributed by atoms with Crippen molar-refractivity contribution in [1.82, 2.24) is 15.1 Å². The molecule has 5 heteroatoms. The molecule has 1 atom stereocenters. The van der Waals surface area contributed by atoms with Gasteiger partial charge < -0.3 is 9.51 Å². The van der Waals surface area contributed by atoms with Crippen molar-refractivity contribution in [2.75, 3.05) is 0 Å². The summed E-state index contributed by atoms with van der Waals surface area (Å²) in [5.74, 6) is 1.68. The molecule has 2 aromatic heterocycles. The first kappa shape index (κ1) is 12.0. The summed E-state index contributed by atoms with van der Waals surface area (Å²) in [4.78, 5) is 7.93. The van der Waals surface area contributed by atoms with Gasteiger partial charge in [-0.1, -0.05) is 23.4 Å².